The highest BCUT2D eigenvalue weighted by Gasteiger charge is 2.34. The molecule has 1 amide bonds. The molecule has 0 unspecified atom stereocenters. The van der Waals surface area contributed by atoms with E-state index in [0.29, 0.717) is 6.42 Å². The fourth-order valence-corrected chi connectivity index (χ4v) is 2.29. The molecule has 0 radical (unpaired) electrons. The van der Waals surface area contributed by atoms with Crippen molar-refractivity contribution >= 4 is 17.6 Å². The molecule has 1 heterocycles. The van der Waals surface area contributed by atoms with Crippen LogP contribution in [-0.2, 0) is 20.7 Å². The lowest BCUT2D eigenvalue weighted by Crippen LogP contribution is -2.47. The Morgan fingerprint density at radius 1 is 1.35 bits per heavy atom. The number of para-hydroxylation sites is 1. The molecule has 1 aromatic carbocycles. The maximum atomic E-state index is 11.7. The van der Waals surface area contributed by atoms with Crippen LogP contribution in [-0.4, -0.2) is 25.0 Å². The smallest absolute Gasteiger partial charge is 0.328 e. The van der Waals surface area contributed by atoms with Crippen molar-refractivity contribution in [2.24, 2.45) is 0 Å². The van der Waals surface area contributed by atoms with Crippen LogP contribution < -0.4 is 4.90 Å². The number of hydrogen-bond acceptors (Lipinski definition) is 3. The summed E-state index contributed by atoms with van der Waals surface area (Å²) in [6.45, 7) is 1.47. The number of carbonyl (C=O) groups excluding carboxylic acids is 2. The molecule has 0 saturated heterocycles. The van der Waals surface area contributed by atoms with Crippen molar-refractivity contribution < 1.29 is 14.3 Å². The molecule has 4 nitrogen and oxygen atoms in total. The Balaban J connectivity index is 2.43. The van der Waals surface area contributed by atoms with Crippen molar-refractivity contribution in [1.29, 1.82) is 0 Å². The lowest BCUT2D eigenvalue weighted by molar-refractivity contribution is -0.143. The van der Waals surface area contributed by atoms with E-state index in [1.54, 1.807) is 0 Å². The van der Waals surface area contributed by atoms with Crippen molar-refractivity contribution in [1.82, 2.24) is 0 Å². The average Bonchev–Trinajstić information content (AvgIpc) is 2.36. The minimum Gasteiger partial charge on any atom is -0.467 e. The molecule has 0 aromatic heterocycles. The van der Waals surface area contributed by atoms with Gasteiger partial charge >= 0.3 is 5.97 Å². The Labute approximate surface area is 100 Å². The van der Waals surface area contributed by atoms with Gasteiger partial charge in [0.1, 0.15) is 6.04 Å². The van der Waals surface area contributed by atoms with Gasteiger partial charge in [-0.25, -0.2) is 4.79 Å². The molecule has 90 valence electrons. The third kappa shape index (κ3) is 2.02. The van der Waals surface area contributed by atoms with Crippen LogP contribution in [0.1, 0.15) is 18.9 Å². The number of hydrogen-bond donors (Lipinski definition) is 0. The number of rotatable bonds is 1. The molecule has 0 saturated carbocycles. The van der Waals surface area contributed by atoms with Crippen molar-refractivity contribution in [3.05, 3.63) is 29.8 Å². The molecule has 0 bridgehead atoms. The quantitative estimate of drug-likeness (QED) is 0.691. The average molecular weight is 233 g/mol. The zero-order valence-electron chi connectivity index (χ0n) is 9.97. The predicted molar refractivity (Wildman–Crippen MR) is 63.7 cm³/mol. The third-order valence-electron chi connectivity index (χ3n) is 3.06. The summed E-state index contributed by atoms with van der Waals surface area (Å²) >= 11 is 0. The lowest BCUT2D eigenvalue weighted by atomic mass is 9.95. The molecule has 1 aromatic rings. The minimum absolute atomic E-state index is 0.132. The monoisotopic (exact) mass is 233 g/mol. The molecule has 4 heteroatoms. The standard InChI is InChI=1S/C13H15NO3/c1-9(15)14-11-6-4-3-5-10(11)7-8-12(14)13(16)17-2/h3-6,12H,7-8H2,1-2H3/t12-/m1/s1. The van der Waals surface area contributed by atoms with Gasteiger partial charge in [-0.2, -0.15) is 0 Å². The zero-order valence-corrected chi connectivity index (χ0v) is 9.97. The topological polar surface area (TPSA) is 46.6 Å². The number of carbonyl (C=O) groups is 2. The van der Waals surface area contributed by atoms with E-state index in [2.05, 4.69) is 0 Å². The first-order chi connectivity index (χ1) is 8.15. The lowest BCUT2D eigenvalue weighted by Gasteiger charge is -2.34. The molecule has 0 aliphatic carbocycles. The van der Waals surface area contributed by atoms with E-state index >= 15 is 0 Å². The number of esters is 1. The molecule has 0 spiro atoms. The summed E-state index contributed by atoms with van der Waals surface area (Å²) in [6.07, 6.45) is 1.41. The van der Waals surface area contributed by atoms with Gasteiger partial charge in [0, 0.05) is 12.6 Å². The number of ether oxygens (including phenoxy) is 1. The van der Waals surface area contributed by atoms with E-state index in [1.807, 2.05) is 24.3 Å². The molecule has 2 rings (SSSR count). The molecular weight excluding hydrogens is 218 g/mol. The van der Waals surface area contributed by atoms with Crippen molar-refractivity contribution in [3.63, 3.8) is 0 Å². The summed E-state index contributed by atoms with van der Waals surface area (Å²) < 4.78 is 4.75. The molecule has 1 aliphatic heterocycles. The number of aryl methyl sites for hydroxylation is 1. The molecule has 17 heavy (non-hydrogen) atoms. The van der Waals surface area contributed by atoms with Gasteiger partial charge in [0.25, 0.3) is 0 Å². The van der Waals surface area contributed by atoms with Gasteiger partial charge in [-0.1, -0.05) is 18.2 Å². The van der Waals surface area contributed by atoms with Gasteiger partial charge in [-0.3, -0.25) is 9.69 Å². The van der Waals surface area contributed by atoms with Gasteiger partial charge in [0.2, 0.25) is 5.91 Å². The first kappa shape index (κ1) is 11.6. The largest absolute Gasteiger partial charge is 0.467 e. The summed E-state index contributed by atoms with van der Waals surface area (Å²) in [5.74, 6) is -0.484. The maximum absolute atomic E-state index is 11.7. The molecule has 0 N–H and O–H groups in total. The molecule has 1 aliphatic rings. The van der Waals surface area contributed by atoms with Crippen molar-refractivity contribution in [2.75, 3.05) is 12.0 Å². The second-order valence-electron chi connectivity index (χ2n) is 4.10. The van der Waals surface area contributed by atoms with E-state index in [4.69, 9.17) is 4.74 Å². The van der Waals surface area contributed by atoms with Crippen LogP contribution in [0, 0.1) is 0 Å². The highest BCUT2D eigenvalue weighted by Crippen LogP contribution is 2.30. The van der Waals surface area contributed by atoms with Gasteiger partial charge in [0.15, 0.2) is 0 Å². The normalized spacial score (nSPS) is 18.5. The maximum Gasteiger partial charge on any atom is 0.328 e. The van der Waals surface area contributed by atoms with E-state index in [-0.39, 0.29) is 11.9 Å². The van der Waals surface area contributed by atoms with Crippen LogP contribution in [0.4, 0.5) is 5.69 Å². The third-order valence-corrected chi connectivity index (χ3v) is 3.06. The fourth-order valence-electron chi connectivity index (χ4n) is 2.29. The second-order valence-corrected chi connectivity index (χ2v) is 4.10. The number of anilines is 1. The number of nitrogens with zero attached hydrogens (tertiary/aromatic N) is 1. The Bertz CT molecular complexity index is 456. The van der Waals surface area contributed by atoms with Crippen LogP contribution in [0.15, 0.2) is 24.3 Å². The fraction of sp³-hybridized carbons (Fsp3) is 0.385. The van der Waals surface area contributed by atoms with Crippen molar-refractivity contribution in [2.45, 2.75) is 25.8 Å². The number of amides is 1. The van der Waals surface area contributed by atoms with E-state index < -0.39 is 6.04 Å². The summed E-state index contributed by atoms with van der Waals surface area (Å²) in [6, 6.07) is 7.17. The zero-order chi connectivity index (χ0) is 12.4. The number of methoxy groups -OCH3 is 1. The minimum atomic E-state index is -0.493. The second kappa shape index (κ2) is 4.57. The van der Waals surface area contributed by atoms with Crippen molar-refractivity contribution in [3.8, 4) is 0 Å². The summed E-state index contributed by atoms with van der Waals surface area (Å²) in [5.41, 5.74) is 1.92. The van der Waals surface area contributed by atoms with Gasteiger partial charge in [-0.15, -0.1) is 0 Å². The SMILES string of the molecule is COC(=O)[C@H]1CCc2ccccc2N1C(C)=O. The summed E-state index contributed by atoms with van der Waals surface area (Å²) in [5, 5.41) is 0. The van der Waals surface area contributed by atoms with Crippen LogP contribution in [0.5, 0.6) is 0 Å². The summed E-state index contributed by atoms with van der Waals surface area (Å²) in [7, 11) is 1.35. The highest BCUT2D eigenvalue weighted by atomic mass is 16.5. The van der Waals surface area contributed by atoms with Crippen LogP contribution >= 0.6 is 0 Å². The number of benzene rings is 1. The molecular formula is C13H15NO3. The van der Waals surface area contributed by atoms with Gasteiger partial charge in [-0.05, 0) is 24.5 Å². The number of fused-ring (bicyclic) bond motifs is 1. The van der Waals surface area contributed by atoms with E-state index in [9.17, 15) is 9.59 Å². The van der Waals surface area contributed by atoms with Gasteiger partial charge in [0.05, 0.1) is 7.11 Å². The highest BCUT2D eigenvalue weighted by molar-refractivity contribution is 5.99. The summed E-state index contributed by atoms with van der Waals surface area (Å²) in [4.78, 5) is 24.9. The molecule has 0 fully saturated rings. The van der Waals surface area contributed by atoms with E-state index in [1.165, 1.54) is 18.9 Å². The Morgan fingerprint density at radius 2 is 2.06 bits per heavy atom. The van der Waals surface area contributed by atoms with Crippen LogP contribution in [0.25, 0.3) is 0 Å². The Kier molecular flexibility index (Phi) is 3.13. The van der Waals surface area contributed by atoms with Crippen LogP contribution in [0.2, 0.25) is 0 Å². The van der Waals surface area contributed by atoms with Gasteiger partial charge < -0.3 is 4.74 Å². The molecule has 1 atom stereocenters. The Hall–Kier alpha value is -1.84. The first-order valence-electron chi connectivity index (χ1n) is 5.60. The Morgan fingerprint density at radius 3 is 2.71 bits per heavy atom. The first-order valence-corrected chi connectivity index (χ1v) is 5.60. The van der Waals surface area contributed by atoms with E-state index in [0.717, 1.165) is 17.7 Å². The predicted octanol–water partition coefficient (Wildman–Crippen LogP) is 1.53. The van der Waals surface area contributed by atoms with Crippen LogP contribution in [0.3, 0.4) is 0 Å².